The predicted molar refractivity (Wildman–Crippen MR) is 27.9 cm³/mol. The van der Waals surface area contributed by atoms with Gasteiger partial charge in [0.2, 0.25) is 6.29 Å². The number of hydrogen-bond donors (Lipinski definition) is 2. The van der Waals surface area contributed by atoms with Crippen molar-refractivity contribution >= 4 is 0 Å². The quantitative estimate of drug-likeness (QED) is 0.570. The summed E-state index contributed by atoms with van der Waals surface area (Å²) in [6.45, 7) is -1.26. The number of alkyl halides is 4. The standard InChI is InChI=1S/C5H6F4O3/c6-4(7)2(1-10)12-3(11)5(4,8)9/h2-3,10-11H,1H2/t2-,3-/m1/s1. The lowest BCUT2D eigenvalue weighted by atomic mass is 10.1. The van der Waals surface area contributed by atoms with Gasteiger partial charge in [0.1, 0.15) is 0 Å². The SMILES string of the molecule is OC[C@H]1O[C@@H](O)C(F)(F)C1(F)F. The van der Waals surface area contributed by atoms with Gasteiger partial charge in [-0.25, -0.2) is 0 Å². The lowest BCUT2D eigenvalue weighted by molar-refractivity contribution is -0.234. The summed E-state index contributed by atoms with van der Waals surface area (Å²) in [5, 5.41) is 16.5. The Hall–Kier alpha value is -0.400. The van der Waals surface area contributed by atoms with Gasteiger partial charge in [-0.15, -0.1) is 0 Å². The van der Waals surface area contributed by atoms with E-state index in [0.29, 0.717) is 0 Å². The molecule has 0 radical (unpaired) electrons. The van der Waals surface area contributed by atoms with Crippen molar-refractivity contribution in [3.05, 3.63) is 0 Å². The van der Waals surface area contributed by atoms with Crippen molar-refractivity contribution in [3.63, 3.8) is 0 Å². The van der Waals surface area contributed by atoms with E-state index < -0.39 is 30.8 Å². The Morgan fingerprint density at radius 2 is 1.67 bits per heavy atom. The monoisotopic (exact) mass is 190 g/mol. The molecule has 0 bridgehead atoms. The lowest BCUT2D eigenvalue weighted by Crippen LogP contribution is -2.47. The fraction of sp³-hybridized carbons (Fsp3) is 1.00. The maximum absolute atomic E-state index is 12.4. The van der Waals surface area contributed by atoms with Crippen LogP contribution in [0.15, 0.2) is 0 Å². The van der Waals surface area contributed by atoms with Gasteiger partial charge >= 0.3 is 11.8 Å². The number of aliphatic hydroxyl groups excluding tert-OH is 2. The van der Waals surface area contributed by atoms with Crippen LogP contribution in [0.3, 0.4) is 0 Å². The average molecular weight is 190 g/mol. The van der Waals surface area contributed by atoms with Crippen LogP contribution in [-0.4, -0.2) is 41.1 Å². The van der Waals surface area contributed by atoms with Crippen molar-refractivity contribution in [1.82, 2.24) is 0 Å². The first-order chi connectivity index (χ1) is 5.34. The average Bonchev–Trinajstić information content (AvgIpc) is 2.10. The highest BCUT2D eigenvalue weighted by atomic mass is 19.3. The van der Waals surface area contributed by atoms with Crippen LogP contribution in [0.5, 0.6) is 0 Å². The van der Waals surface area contributed by atoms with Gasteiger partial charge in [0, 0.05) is 0 Å². The molecule has 12 heavy (non-hydrogen) atoms. The molecule has 0 spiro atoms. The first-order valence-electron chi connectivity index (χ1n) is 3.04. The largest absolute Gasteiger partial charge is 0.393 e. The molecule has 2 atom stereocenters. The summed E-state index contributed by atoms with van der Waals surface area (Å²) in [5.74, 6) is -9.17. The van der Waals surface area contributed by atoms with E-state index in [0.717, 1.165) is 0 Å². The van der Waals surface area contributed by atoms with Crippen molar-refractivity contribution < 1.29 is 32.5 Å². The fourth-order valence-electron chi connectivity index (χ4n) is 0.863. The molecule has 0 saturated carbocycles. The molecule has 0 aromatic heterocycles. The Morgan fingerprint density at radius 3 is 1.83 bits per heavy atom. The lowest BCUT2D eigenvalue weighted by Gasteiger charge is -2.20. The number of aliphatic hydroxyl groups is 2. The summed E-state index contributed by atoms with van der Waals surface area (Å²) in [6, 6.07) is 0. The molecule has 1 saturated heterocycles. The third-order valence-electron chi connectivity index (χ3n) is 1.62. The zero-order valence-electron chi connectivity index (χ0n) is 5.68. The van der Waals surface area contributed by atoms with Gasteiger partial charge in [-0.3, -0.25) is 0 Å². The fourth-order valence-corrected chi connectivity index (χ4v) is 0.863. The number of hydrogen-bond acceptors (Lipinski definition) is 3. The second-order valence-corrected chi connectivity index (χ2v) is 2.41. The Labute approximate surface area is 64.6 Å². The van der Waals surface area contributed by atoms with Crippen LogP contribution in [0, 0.1) is 0 Å². The van der Waals surface area contributed by atoms with E-state index in [9.17, 15) is 17.6 Å². The van der Waals surface area contributed by atoms with Crippen molar-refractivity contribution in [2.24, 2.45) is 0 Å². The molecule has 1 heterocycles. The van der Waals surface area contributed by atoms with Crippen molar-refractivity contribution in [2.75, 3.05) is 6.61 Å². The zero-order valence-corrected chi connectivity index (χ0v) is 5.68. The minimum absolute atomic E-state index is 1.26. The maximum Gasteiger partial charge on any atom is 0.362 e. The van der Waals surface area contributed by atoms with Crippen LogP contribution in [0.4, 0.5) is 17.6 Å². The normalized spacial score (nSPS) is 38.5. The first kappa shape index (κ1) is 9.69. The molecule has 7 heteroatoms. The number of ether oxygens (including phenoxy) is 1. The summed E-state index contributed by atoms with van der Waals surface area (Å²) in [4.78, 5) is 0. The molecule has 3 nitrogen and oxygen atoms in total. The van der Waals surface area contributed by atoms with Gasteiger partial charge in [0.05, 0.1) is 6.61 Å². The second kappa shape index (κ2) is 2.54. The van der Waals surface area contributed by atoms with Gasteiger partial charge < -0.3 is 14.9 Å². The molecule has 0 aromatic carbocycles. The summed E-state index contributed by atoms with van der Waals surface area (Å²) >= 11 is 0. The van der Waals surface area contributed by atoms with Crippen molar-refractivity contribution in [1.29, 1.82) is 0 Å². The van der Waals surface area contributed by atoms with Gasteiger partial charge in [0.15, 0.2) is 6.10 Å². The van der Waals surface area contributed by atoms with Gasteiger partial charge in [-0.1, -0.05) is 0 Å². The third kappa shape index (κ3) is 1.00. The van der Waals surface area contributed by atoms with E-state index in [1.807, 2.05) is 0 Å². The molecule has 0 aromatic rings. The molecule has 1 aliphatic heterocycles. The first-order valence-corrected chi connectivity index (χ1v) is 3.04. The van der Waals surface area contributed by atoms with Crippen LogP contribution < -0.4 is 0 Å². The summed E-state index contributed by atoms with van der Waals surface area (Å²) in [5.41, 5.74) is 0. The molecule has 0 amide bonds. The van der Waals surface area contributed by atoms with E-state index in [4.69, 9.17) is 10.2 Å². The zero-order chi connectivity index (χ0) is 9.57. The molecule has 1 fully saturated rings. The van der Waals surface area contributed by atoms with Crippen LogP contribution >= 0.6 is 0 Å². The van der Waals surface area contributed by atoms with Gasteiger partial charge in [0.25, 0.3) is 0 Å². The van der Waals surface area contributed by atoms with E-state index in [2.05, 4.69) is 4.74 Å². The second-order valence-electron chi connectivity index (χ2n) is 2.41. The highest BCUT2D eigenvalue weighted by Gasteiger charge is 2.72. The molecule has 1 rings (SSSR count). The molecule has 72 valence electrons. The predicted octanol–water partition coefficient (Wildman–Crippen LogP) is -0.0335. The van der Waals surface area contributed by atoms with Gasteiger partial charge in [-0.2, -0.15) is 17.6 Å². The van der Waals surface area contributed by atoms with Crippen LogP contribution in [0.25, 0.3) is 0 Å². The highest BCUT2D eigenvalue weighted by molar-refractivity contribution is 4.99. The molecule has 0 unspecified atom stereocenters. The Morgan fingerprint density at radius 1 is 1.17 bits per heavy atom. The van der Waals surface area contributed by atoms with Gasteiger partial charge in [-0.05, 0) is 0 Å². The molecular formula is C5H6F4O3. The summed E-state index contributed by atoms with van der Waals surface area (Å²) in [6.07, 6.45) is -5.20. The summed E-state index contributed by atoms with van der Waals surface area (Å²) < 4.78 is 53.3. The summed E-state index contributed by atoms with van der Waals surface area (Å²) in [7, 11) is 0. The molecule has 0 aliphatic carbocycles. The van der Waals surface area contributed by atoms with Crippen LogP contribution in [0.1, 0.15) is 0 Å². The maximum atomic E-state index is 12.4. The van der Waals surface area contributed by atoms with Crippen LogP contribution in [0.2, 0.25) is 0 Å². The Bertz CT molecular complexity index is 184. The minimum Gasteiger partial charge on any atom is -0.393 e. The Kier molecular flexibility index (Phi) is 2.05. The minimum atomic E-state index is -4.64. The van der Waals surface area contributed by atoms with Crippen molar-refractivity contribution in [2.45, 2.75) is 24.2 Å². The van der Waals surface area contributed by atoms with E-state index >= 15 is 0 Å². The van der Waals surface area contributed by atoms with E-state index in [1.165, 1.54) is 0 Å². The van der Waals surface area contributed by atoms with E-state index in [1.54, 1.807) is 0 Å². The van der Waals surface area contributed by atoms with Crippen LogP contribution in [-0.2, 0) is 4.74 Å². The van der Waals surface area contributed by atoms with Crippen molar-refractivity contribution in [3.8, 4) is 0 Å². The number of halogens is 4. The molecule has 2 N–H and O–H groups in total. The smallest absolute Gasteiger partial charge is 0.362 e. The van der Waals surface area contributed by atoms with E-state index in [-0.39, 0.29) is 0 Å². The topological polar surface area (TPSA) is 49.7 Å². The highest BCUT2D eigenvalue weighted by Crippen LogP contribution is 2.46. The molecular weight excluding hydrogens is 184 g/mol. The molecule has 1 aliphatic rings. The third-order valence-corrected chi connectivity index (χ3v) is 1.62. The number of rotatable bonds is 1. The Balaban J connectivity index is 2.92.